The molecule has 0 saturated heterocycles. The second kappa shape index (κ2) is 10.6. The van der Waals surface area contributed by atoms with Crippen molar-refractivity contribution < 1.29 is 24.4 Å². The lowest BCUT2D eigenvalue weighted by Crippen LogP contribution is -2.35. The Kier molecular flexibility index (Phi) is 7.81. The maximum Gasteiger partial charge on any atom is 0.413 e. The van der Waals surface area contributed by atoms with Crippen molar-refractivity contribution >= 4 is 37.1 Å². The number of hydrogen-bond acceptors (Lipinski definition) is 7. The minimum atomic E-state index is -1.59. The number of carbonyl (C=O) groups excluding carboxylic acids is 1. The van der Waals surface area contributed by atoms with E-state index in [1.807, 2.05) is 0 Å². The number of anilines is 1. The number of carboxylic acid groups (broad SMARTS) is 1. The van der Waals surface area contributed by atoms with Gasteiger partial charge in [-0.2, -0.15) is 5.10 Å². The summed E-state index contributed by atoms with van der Waals surface area (Å²) in [5.74, 6) is -0.286. The van der Waals surface area contributed by atoms with Crippen LogP contribution in [0.15, 0.2) is 36.8 Å². The van der Waals surface area contributed by atoms with Gasteiger partial charge in [0.05, 0.1) is 17.1 Å². The first-order valence-electron chi connectivity index (χ1n) is 10.9. The van der Waals surface area contributed by atoms with Crippen molar-refractivity contribution in [3.8, 4) is 11.1 Å². The van der Waals surface area contributed by atoms with Crippen LogP contribution < -0.4 is 10.2 Å². The monoisotopic (exact) mass is 500 g/mol. The molecule has 3 rings (SSSR count). The lowest BCUT2D eigenvalue weighted by Gasteiger charge is -2.23. The zero-order valence-corrected chi connectivity index (χ0v) is 21.0. The van der Waals surface area contributed by atoms with Gasteiger partial charge in [0.25, 0.3) is 11.6 Å². The Morgan fingerprint density at radius 2 is 1.94 bits per heavy atom. The molecule has 2 N–H and O–H groups in total. The van der Waals surface area contributed by atoms with Crippen LogP contribution in [0.5, 0.6) is 0 Å². The SMILES string of the molecule is COCCNC(=O)c1cn2ncnc(N(CC[Si](C)(C)C)C(=O)O)c2c1-c1ccc([N+](=O)[O-])cc1. The summed E-state index contributed by atoms with van der Waals surface area (Å²) in [4.78, 5) is 41.4. The number of rotatable bonds is 10. The maximum absolute atomic E-state index is 13.1. The molecular weight excluding hydrogens is 472 g/mol. The van der Waals surface area contributed by atoms with E-state index in [9.17, 15) is 24.8 Å². The first-order valence-corrected chi connectivity index (χ1v) is 14.6. The maximum atomic E-state index is 13.1. The number of nitro groups is 1. The van der Waals surface area contributed by atoms with E-state index in [4.69, 9.17) is 4.74 Å². The number of methoxy groups -OCH3 is 1. The van der Waals surface area contributed by atoms with Gasteiger partial charge in [0, 0.05) is 52.2 Å². The van der Waals surface area contributed by atoms with Crippen LogP contribution in [-0.4, -0.2) is 71.5 Å². The molecular formula is C22H28N6O6Si. The zero-order valence-electron chi connectivity index (χ0n) is 20.0. The molecule has 13 heteroatoms. The lowest BCUT2D eigenvalue weighted by molar-refractivity contribution is -0.384. The summed E-state index contributed by atoms with van der Waals surface area (Å²) in [7, 11) is -0.0694. The fraction of sp³-hybridized carbons (Fsp3) is 0.364. The van der Waals surface area contributed by atoms with Gasteiger partial charge in [-0.25, -0.2) is 14.3 Å². The van der Waals surface area contributed by atoms with Gasteiger partial charge in [-0.05, 0) is 23.7 Å². The molecule has 0 unspecified atom stereocenters. The number of nitrogens with one attached hydrogen (secondary N) is 1. The van der Waals surface area contributed by atoms with E-state index in [0.29, 0.717) is 29.3 Å². The Morgan fingerprint density at radius 1 is 1.26 bits per heavy atom. The van der Waals surface area contributed by atoms with E-state index in [0.717, 1.165) is 4.90 Å². The van der Waals surface area contributed by atoms with Gasteiger partial charge < -0.3 is 15.2 Å². The second-order valence-electron chi connectivity index (χ2n) is 9.09. The predicted octanol–water partition coefficient (Wildman–Crippen LogP) is 3.50. The summed E-state index contributed by atoms with van der Waals surface area (Å²) >= 11 is 0. The molecule has 2 heterocycles. The number of nitro benzene ring substituents is 1. The Labute approximate surface area is 202 Å². The fourth-order valence-electron chi connectivity index (χ4n) is 3.51. The molecule has 3 aromatic rings. The van der Waals surface area contributed by atoms with Crippen molar-refractivity contribution in [3.05, 3.63) is 52.5 Å². The molecule has 12 nitrogen and oxygen atoms in total. The molecule has 0 fully saturated rings. The van der Waals surface area contributed by atoms with Crippen LogP contribution in [-0.2, 0) is 4.74 Å². The predicted molar refractivity (Wildman–Crippen MR) is 133 cm³/mol. The molecule has 0 saturated carbocycles. The minimum absolute atomic E-state index is 0.109. The molecule has 0 bridgehead atoms. The molecule has 0 radical (unpaired) electrons. The van der Waals surface area contributed by atoms with Crippen LogP contribution in [0.4, 0.5) is 16.3 Å². The molecule has 0 aliphatic rings. The zero-order chi connectivity index (χ0) is 25.8. The van der Waals surface area contributed by atoms with Crippen LogP contribution >= 0.6 is 0 Å². The van der Waals surface area contributed by atoms with Crippen molar-refractivity contribution in [1.29, 1.82) is 0 Å². The van der Waals surface area contributed by atoms with E-state index < -0.39 is 25.0 Å². The number of benzene rings is 1. The van der Waals surface area contributed by atoms with Crippen molar-refractivity contribution in [3.63, 3.8) is 0 Å². The number of nitrogens with zero attached hydrogens (tertiary/aromatic N) is 5. The highest BCUT2D eigenvalue weighted by Crippen LogP contribution is 2.36. The minimum Gasteiger partial charge on any atom is -0.465 e. The number of aromatic nitrogens is 3. The Bertz CT molecular complexity index is 1240. The molecule has 0 aliphatic heterocycles. The van der Waals surface area contributed by atoms with Gasteiger partial charge in [-0.15, -0.1) is 0 Å². The van der Waals surface area contributed by atoms with E-state index in [-0.39, 0.29) is 30.2 Å². The molecule has 0 atom stereocenters. The van der Waals surface area contributed by atoms with Crippen molar-refractivity contribution in [2.45, 2.75) is 25.7 Å². The average molecular weight is 501 g/mol. The highest BCUT2D eigenvalue weighted by molar-refractivity contribution is 6.76. The van der Waals surface area contributed by atoms with Crippen LogP contribution in [0.2, 0.25) is 25.7 Å². The standard InChI is InChI=1S/C22H28N6O6Si/c1-34-11-9-23-21(29)17-13-27-19(18(17)15-5-7-16(8-6-15)28(32)33)20(24-14-25-27)26(22(30)31)10-12-35(2,3)4/h5-8,13-14H,9-12H2,1-4H3,(H,23,29)(H,30,31). The normalized spacial score (nSPS) is 11.4. The lowest BCUT2D eigenvalue weighted by atomic mass is 10.0. The Hall–Kier alpha value is -3.84. The first kappa shape index (κ1) is 25.8. The first-order chi connectivity index (χ1) is 16.5. The van der Waals surface area contributed by atoms with Crippen LogP contribution in [0, 0.1) is 10.1 Å². The third-order valence-electron chi connectivity index (χ3n) is 5.33. The highest BCUT2D eigenvalue weighted by Gasteiger charge is 2.28. The van der Waals surface area contributed by atoms with Crippen LogP contribution in [0.3, 0.4) is 0 Å². The Morgan fingerprint density at radius 3 is 2.51 bits per heavy atom. The van der Waals surface area contributed by atoms with Gasteiger partial charge in [-0.1, -0.05) is 19.6 Å². The molecule has 2 amide bonds. The quantitative estimate of drug-likeness (QED) is 0.186. The molecule has 35 heavy (non-hydrogen) atoms. The van der Waals surface area contributed by atoms with Crippen molar-refractivity contribution in [2.75, 3.05) is 31.7 Å². The summed E-state index contributed by atoms with van der Waals surface area (Å²) in [6.07, 6.45) is 1.56. The van der Waals surface area contributed by atoms with Gasteiger partial charge in [0.15, 0.2) is 5.82 Å². The van der Waals surface area contributed by atoms with Gasteiger partial charge in [0.2, 0.25) is 0 Å². The summed E-state index contributed by atoms with van der Waals surface area (Å²) in [6, 6.07) is 6.39. The summed E-state index contributed by atoms with van der Waals surface area (Å²) in [6.45, 7) is 7.23. The summed E-state index contributed by atoms with van der Waals surface area (Å²) in [5.41, 5.74) is 1.30. The highest BCUT2D eigenvalue weighted by atomic mass is 28.3. The van der Waals surface area contributed by atoms with Gasteiger partial charge >= 0.3 is 6.09 Å². The largest absolute Gasteiger partial charge is 0.465 e. The van der Waals surface area contributed by atoms with Gasteiger partial charge in [0.1, 0.15) is 11.8 Å². The molecule has 0 spiro atoms. The van der Waals surface area contributed by atoms with Crippen LogP contribution in [0.25, 0.3) is 16.6 Å². The summed E-state index contributed by atoms with van der Waals surface area (Å²) < 4.78 is 6.41. The van der Waals surface area contributed by atoms with Crippen molar-refractivity contribution in [2.24, 2.45) is 0 Å². The molecule has 0 aliphatic carbocycles. The smallest absolute Gasteiger partial charge is 0.413 e. The third kappa shape index (κ3) is 5.99. The number of carbonyl (C=O) groups is 2. The van der Waals surface area contributed by atoms with Gasteiger partial charge in [-0.3, -0.25) is 19.8 Å². The number of amides is 2. The number of ether oxygens (including phenoxy) is 1. The third-order valence-corrected chi connectivity index (χ3v) is 7.05. The molecule has 186 valence electrons. The molecule has 1 aromatic carbocycles. The average Bonchev–Trinajstić information content (AvgIpc) is 3.19. The van der Waals surface area contributed by atoms with Crippen molar-refractivity contribution in [1.82, 2.24) is 19.9 Å². The van der Waals surface area contributed by atoms with E-state index in [2.05, 4.69) is 35.0 Å². The molecule has 2 aromatic heterocycles. The number of non-ortho nitro benzene ring substituents is 1. The topological polar surface area (TPSA) is 152 Å². The summed E-state index contributed by atoms with van der Waals surface area (Å²) in [5, 5.41) is 28.1. The fourth-order valence-corrected chi connectivity index (χ4v) is 4.40. The second-order valence-corrected chi connectivity index (χ2v) is 14.7. The van der Waals surface area contributed by atoms with E-state index >= 15 is 0 Å². The Balaban J connectivity index is 2.22. The number of fused-ring (bicyclic) bond motifs is 1. The van der Waals surface area contributed by atoms with E-state index in [1.54, 1.807) is 0 Å². The van der Waals surface area contributed by atoms with E-state index in [1.165, 1.54) is 48.4 Å². The van der Waals surface area contributed by atoms with Crippen LogP contribution in [0.1, 0.15) is 10.4 Å². The number of hydrogen-bond donors (Lipinski definition) is 2.